The molecule has 0 heterocycles. The van der Waals surface area contributed by atoms with Gasteiger partial charge in [-0.15, -0.1) is 0 Å². The van der Waals surface area contributed by atoms with Crippen molar-refractivity contribution in [1.82, 2.24) is 0 Å². The number of hydrogen-bond donors (Lipinski definition) is 0. The van der Waals surface area contributed by atoms with Crippen LogP contribution in [0.2, 0.25) is 5.02 Å². The van der Waals surface area contributed by atoms with E-state index in [-0.39, 0.29) is 12.2 Å². The number of Topliss-reactive ketones (excluding diaryl/α,β-unsaturated/α-hetero) is 1. The summed E-state index contributed by atoms with van der Waals surface area (Å²) < 4.78 is 11.0. The normalized spacial score (nSPS) is 11.5. The first-order valence-corrected chi connectivity index (χ1v) is 8.52. The van der Waals surface area contributed by atoms with Crippen LogP contribution in [0.25, 0.3) is 0 Å². The predicted molar refractivity (Wildman–Crippen MR) is 96.8 cm³/mol. The standard InChI is InChI=1S/C20H20ClNO3/c21-17-7-4-6-16(14-17)19(15-22)20(23)10-13-24-11-5-12-25-18-8-2-1-3-9-18/h1-4,6-9,14,19H,5,10-13H2. The molecule has 25 heavy (non-hydrogen) atoms. The molecule has 2 rings (SSSR count). The molecule has 0 radical (unpaired) electrons. The van der Waals surface area contributed by atoms with Gasteiger partial charge in [0.25, 0.3) is 0 Å². The van der Waals surface area contributed by atoms with Crippen molar-refractivity contribution in [1.29, 1.82) is 5.26 Å². The van der Waals surface area contributed by atoms with Crippen molar-refractivity contribution in [3.05, 3.63) is 65.2 Å². The average molecular weight is 358 g/mol. The van der Waals surface area contributed by atoms with E-state index in [2.05, 4.69) is 0 Å². The Hall–Kier alpha value is -2.35. The number of carbonyl (C=O) groups is 1. The summed E-state index contributed by atoms with van der Waals surface area (Å²) in [5, 5.41) is 9.76. The SMILES string of the molecule is N#CC(C(=O)CCOCCCOc1ccccc1)c1cccc(Cl)c1. The van der Waals surface area contributed by atoms with E-state index >= 15 is 0 Å². The number of hydrogen-bond acceptors (Lipinski definition) is 4. The zero-order valence-corrected chi connectivity index (χ0v) is 14.6. The van der Waals surface area contributed by atoms with Crippen LogP contribution in [0.1, 0.15) is 24.3 Å². The molecule has 2 aromatic carbocycles. The number of nitriles is 1. The zero-order valence-electron chi connectivity index (χ0n) is 13.9. The van der Waals surface area contributed by atoms with Crippen molar-refractivity contribution in [2.45, 2.75) is 18.8 Å². The third-order valence-corrected chi connectivity index (χ3v) is 3.81. The third kappa shape index (κ3) is 6.58. The van der Waals surface area contributed by atoms with Crippen LogP contribution in [0.3, 0.4) is 0 Å². The van der Waals surface area contributed by atoms with Crippen molar-refractivity contribution in [2.75, 3.05) is 19.8 Å². The smallest absolute Gasteiger partial charge is 0.156 e. The molecule has 0 aromatic heterocycles. The fraction of sp³-hybridized carbons (Fsp3) is 0.300. The van der Waals surface area contributed by atoms with Gasteiger partial charge in [0.1, 0.15) is 11.7 Å². The molecular formula is C20H20ClNO3. The predicted octanol–water partition coefficient (Wildman–Crippen LogP) is 4.39. The molecule has 0 aliphatic heterocycles. The Morgan fingerprint density at radius 1 is 1.08 bits per heavy atom. The Bertz CT molecular complexity index is 712. The van der Waals surface area contributed by atoms with Gasteiger partial charge >= 0.3 is 0 Å². The van der Waals surface area contributed by atoms with E-state index in [0.717, 1.165) is 12.2 Å². The maximum Gasteiger partial charge on any atom is 0.156 e. The van der Waals surface area contributed by atoms with E-state index in [1.54, 1.807) is 24.3 Å². The molecule has 130 valence electrons. The van der Waals surface area contributed by atoms with Gasteiger partial charge in [-0.3, -0.25) is 4.79 Å². The molecule has 0 aliphatic rings. The number of halogens is 1. The van der Waals surface area contributed by atoms with E-state index < -0.39 is 5.92 Å². The Morgan fingerprint density at radius 3 is 2.60 bits per heavy atom. The van der Waals surface area contributed by atoms with Gasteiger partial charge in [0.2, 0.25) is 0 Å². The number of carbonyl (C=O) groups excluding carboxylic acids is 1. The van der Waals surface area contributed by atoms with Gasteiger partial charge in [0.05, 0.1) is 19.3 Å². The highest BCUT2D eigenvalue weighted by atomic mass is 35.5. The van der Waals surface area contributed by atoms with Crippen molar-refractivity contribution < 1.29 is 14.3 Å². The average Bonchev–Trinajstić information content (AvgIpc) is 2.62. The first-order chi connectivity index (χ1) is 12.2. The zero-order chi connectivity index (χ0) is 17.9. The first-order valence-electron chi connectivity index (χ1n) is 8.14. The lowest BCUT2D eigenvalue weighted by atomic mass is 9.95. The van der Waals surface area contributed by atoms with Gasteiger partial charge in [-0.2, -0.15) is 5.26 Å². The highest BCUT2D eigenvalue weighted by Gasteiger charge is 2.19. The van der Waals surface area contributed by atoms with Crippen LogP contribution in [0.15, 0.2) is 54.6 Å². The number of ether oxygens (including phenoxy) is 2. The van der Waals surface area contributed by atoms with Gasteiger partial charge in [-0.25, -0.2) is 0 Å². The minimum absolute atomic E-state index is 0.162. The molecule has 0 N–H and O–H groups in total. The summed E-state index contributed by atoms with van der Waals surface area (Å²) in [6.07, 6.45) is 0.934. The lowest BCUT2D eigenvalue weighted by Crippen LogP contribution is -2.14. The second kappa shape index (κ2) is 10.5. The van der Waals surface area contributed by atoms with Crippen LogP contribution in [0, 0.1) is 11.3 Å². The summed E-state index contributed by atoms with van der Waals surface area (Å²) in [7, 11) is 0. The molecule has 0 saturated heterocycles. The van der Waals surface area contributed by atoms with Crippen LogP contribution in [0.5, 0.6) is 5.75 Å². The Kier molecular flexibility index (Phi) is 7.97. The molecule has 0 amide bonds. The van der Waals surface area contributed by atoms with Crippen LogP contribution >= 0.6 is 11.6 Å². The monoisotopic (exact) mass is 357 g/mol. The number of benzene rings is 2. The highest BCUT2D eigenvalue weighted by molar-refractivity contribution is 6.30. The lowest BCUT2D eigenvalue weighted by molar-refractivity contribution is -0.120. The Labute approximate surface area is 152 Å². The maximum atomic E-state index is 12.2. The topological polar surface area (TPSA) is 59.3 Å². The first kappa shape index (κ1) is 19.0. The second-order valence-corrected chi connectivity index (χ2v) is 5.90. The summed E-state index contributed by atoms with van der Waals surface area (Å²) in [5.41, 5.74) is 0.622. The van der Waals surface area contributed by atoms with Crippen molar-refractivity contribution >= 4 is 17.4 Å². The fourth-order valence-corrected chi connectivity index (χ4v) is 2.50. The molecule has 5 heteroatoms. The van der Waals surface area contributed by atoms with E-state index in [4.69, 9.17) is 21.1 Å². The molecule has 0 aliphatic carbocycles. The van der Waals surface area contributed by atoms with Gasteiger partial charge < -0.3 is 9.47 Å². The van der Waals surface area contributed by atoms with Gasteiger partial charge in [-0.1, -0.05) is 41.9 Å². The molecule has 0 bridgehead atoms. The van der Waals surface area contributed by atoms with Crippen molar-refractivity contribution in [3.8, 4) is 11.8 Å². The summed E-state index contributed by atoms with van der Waals surface area (Å²) >= 11 is 5.91. The van der Waals surface area contributed by atoms with Crippen LogP contribution in [-0.2, 0) is 9.53 Å². The summed E-state index contributed by atoms with van der Waals surface area (Å²) in [5.74, 6) is -0.134. The molecule has 2 aromatic rings. The number of nitrogens with zero attached hydrogens (tertiary/aromatic N) is 1. The van der Waals surface area contributed by atoms with Crippen LogP contribution in [-0.4, -0.2) is 25.6 Å². The number of ketones is 1. The minimum Gasteiger partial charge on any atom is -0.494 e. The number of rotatable bonds is 10. The van der Waals surface area contributed by atoms with Crippen LogP contribution in [0.4, 0.5) is 0 Å². The van der Waals surface area contributed by atoms with Gasteiger partial charge in [-0.05, 0) is 29.8 Å². The van der Waals surface area contributed by atoms with Crippen molar-refractivity contribution in [3.63, 3.8) is 0 Å². The van der Waals surface area contributed by atoms with E-state index in [0.29, 0.717) is 30.4 Å². The lowest BCUT2D eigenvalue weighted by Gasteiger charge is -2.10. The third-order valence-electron chi connectivity index (χ3n) is 3.57. The molecule has 1 unspecified atom stereocenters. The second-order valence-electron chi connectivity index (χ2n) is 5.46. The highest BCUT2D eigenvalue weighted by Crippen LogP contribution is 2.21. The van der Waals surface area contributed by atoms with Gasteiger partial charge in [0, 0.05) is 24.5 Å². The summed E-state index contributed by atoms with van der Waals surface area (Å²) in [4.78, 5) is 12.2. The van der Waals surface area contributed by atoms with E-state index in [9.17, 15) is 10.1 Å². The number of para-hydroxylation sites is 1. The molecule has 4 nitrogen and oxygen atoms in total. The fourth-order valence-electron chi connectivity index (χ4n) is 2.31. The molecular weight excluding hydrogens is 338 g/mol. The van der Waals surface area contributed by atoms with E-state index in [1.165, 1.54) is 0 Å². The van der Waals surface area contributed by atoms with Crippen LogP contribution < -0.4 is 4.74 Å². The molecule has 0 spiro atoms. The molecule has 0 saturated carbocycles. The quantitative estimate of drug-likeness (QED) is 0.591. The largest absolute Gasteiger partial charge is 0.494 e. The summed E-state index contributed by atoms with van der Waals surface area (Å²) in [6, 6.07) is 18.4. The Balaban J connectivity index is 1.64. The Morgan fingerprint density at radius 2 is 1.88 bits per heavy atom. The summed E-state index contributed by atoms with van der Waals surface area (Å²) in [6.45, 7) is 1.36. The minimum atomic E-state index is -0.802. The van der Waals surface area contributed by atoms with E-state index in [1.807, 2.05) is 36.4 Å². The molecule has 0 fully saturated rings. The molecule has 1 atom stereocenters. The van der Waals surface area contributed by atoms with Crippen molar-refractivity contribution in [2.24, 2.45) is 0 Å². The maximum absolute atomic E-state index is 12.2. The van der Waals surface area contributed by atoms with Gasteiger partial charge in [0.15, 0.2) is 5.78 Å².